The van der Waals surface area contributed by atoms with Crippen LogP contribution >= 0.6 is 0 Å². The molecule has 1 aliphatic carbocycles. The van der Waals surface area contributed by atoms with Gasteiger partial charge in [-0.2, -0.15) is 0 Å². The van der Waals surface area contributed by atoms with E-state index >= 15 is 0 Å². The van der Waals surface area contributed by atoms with Crippen molar-refractivity contribution in [1.29, 1.82) is 0 Å². The number of hydrogen-bond acceptors (Lipinski definition) is 2. The first-order valence-electron chi connectivity index (χ1n) is 8.16. The Morgan fingerprint density at radius 1 is 1.00 bits per heavy atom. The number of benzene rings is 1. The topological polar surface area (TPSA) is 24.9 Å². The normalized spacial score (nSPS) is 14.9. The van der Waals surface area contributed by atoms with E-state index in [1.54, 1.807) is 0 Å². The smallest absolute Gasteiger partial charge is 0.136 e. The highest BCUT2D eigenvalue weighted by atomic mass is 14.9. The first kappa shape index (κ1) is 14.7. The molecule has 22 heavy (non-hydrogen) atoms. The van der Waals surface area contributed by atoms with Crippen LogP contribution in [-0.2, 0) is 6.54 Å². The molecule has 0 saturated heterocycles. The maximum absolute atomic E-state index is 4.44. The molecule has 0 bridgehead atoms. The Kier molecular flexibility index (Phi) is 5.10. The van der Waals surface area contributed by atoms with Gasteiger partial charge in [0.25, 0.3) is 0 Å². The summed E-state index contributed by atoms with van der Waals surface area (Å²) in [5, 5.41) is 3.45. The lowest BCUT2D eigenvalue weighted by Gasteiger charge is -2.15. The van der Waals surface area contributed by atoms with Crippen LogP contribution in [0.2, 0.25) is 0 Å². The van der Waals surface area contributed by atoms with Crippen molar-refractivity contribution in [2.75, 3.05) is 5.32 Å². The summed E-state index contributed by atoms with van der Waals surface area (Å²) in [5.74, 6) is 7.27. The lowest BCUT2D eigenvalue weighted by atomic mass is 9.90. The molecule has 3 rings (SSSR count). The second-order valence-corrected chi connectivity index (χ2v) is 5.84. The van der Waals surface area contributed by atoms with E-state index in [4.69, 9.17) is 0 Å². The van der Waals surface area contributed by atoms with Crippen molar-refractivity contribution < 1.29 is 0 Å². The lowest BCUT2D eigenvalue weighted by Crippen LogP contribution is -2.04. The number of nitrogens with one attached hydrogen (secondary N) is 1. The van der Waals surface area contributed by atoms with E-state index in [0.29, 0.717) is 5.92 Å². The zero-order valence-electron chi connectivity index (χ0n) is 12.9. The highest BCUT2D eigenvalue weighted by Crippen LogP contribution is 2.23. The molecule has 0 amide bonds. The number of pyridine rings is 1. The fraction of sp³-hybridized carbons (Fsp3) is 0.350. The van der Waals surface area contributed by atoms with Crippen molar-refractivity contribution in [3.05, 3.63) is 59.9 Å². The van der Waals surface area contributed by atoms with E-state index in [-0.39, 0.29) is 0 Å². The van der Waals surface area contributed by atoms with Crippen molar-refractivity contribution in [2.45, 2.75) is 38.6 Å². The predicted molar refractivity (Wildman–Crippen MR) is 91.5 cm³/mol. The molecule has 1 saturated carbocycles. The summed E-state index contributed by atoms with van der Waals surface area (Å²) in [7, 11) is 0. The minimum Gasteiger partial charge on any atom is -0.379 e. The molecule has 0 unspecified atom stereocenters. The van der Waals surface area contributed by atoms with Gasteiger partial charge in [0, 0.05) is 18.7 Å². The van der Waals surface area contributed by atoms with Gasteiger partial charge in [0.05, 0.1) is 5.69 Å². The Morgan fingerprint density at radius 2 is 1.82 bits per heavy atom. The van der Waals surface area contributed by atoms with Gasteiger partial charge in [0.1, 0.15) is 5.69 Å². The predicted octanol–water partition coefficient (Wildman–Crippen LogP) is 4.63. The van der Waals surface area contributed by atoms with E-state index in [0.717, 1.165) is 17.9 Å². The van der Waals surface area contributed by atoms with E-state index in [2.05, 4.69) is 52.5 Å². The highest BCUT2D eigenvalue weighted by Gasteiger charge is 2.10. The van der Waals surface area contributed by atoms with E-state index in [9.17, 15) is 0 Å². The molecule has 1 aromatic heterocycles. The summed E-state index contributed by atoms with van der Waals surface area (Å²) in [6, 6.07) is 14.4. The molecule has 1 fully saturated rings. The molecule has 0 aliphatic heterocycles. The maximum Gasteiger partial charge on any atom is 0.136 e. The third kappa shape index (κ3) is 4.11. The van der Waals surface area contributed by atoms with Gasteiger partial charge in [0.2, 0.25) is 0 Å². The fourth-order valence-electron chi connectivity index (χ4n) is 2.86. The Morgan fingerprint density at radius 3 is 2.64 bits per heavy atom. The van der Waals surface area contributed by atoms with E-state index in [1.807, 2.05) is 18.3 Å². The average Bonchev–Trinajstić information content (AvgIpc) is 2.61. The highest BCUT2D eigenvalue weighted by molar-refractivity contribution is 5.55. The van der Waals surface area contributed by atoms with Crippen molar-refractivity contribution in [2.24, 2.45) is 5.92 Å². The van der Waals surface area contributed by atoms with Crippen LogP contribution in [0.4, 0.5) is 5.69 Å². The molecule has 2 aromatic rings. The molecule has 0 atom stereocenters. The van der Waals surface area contributed by atoms with Crippen LogP contribution in [0.3, 0.4) is 0 Å². The zero-order valence-corrected chi connectivity index (χ0v) is 12.9. The second-order valence-electron chi connectivity index (χ2n) is 5.84. The van der Waals surface area contributed by atoms with E-state index < -0.39 is 0 Å². The molecule has 1 aliphatic rings. The van der Waals surface area contributed by atoms with Crippen molar-refractivity contribution in [3.63, 3.8) is 0 Å². The minimum absolute atomic E-state index is 0.553. The van der Waals surface area contributed by atoms with Gasteiger partial charge in [-0.05, 0) is 36.5 Å². The van der Waals surface area contributed by atoms with Crippen LogP contribution in [0, 0.1) is 17.8 Å². The first-order chi connectivity index (χ1) is 10.9. The summed E-state index contributed by atoms with van der Waals surface area (Å²) in [5.41, 5.74) is 3.15. The van der Waals surface area contributed by atoms with Crippen LogP contribution in [-0.4, -0.2) is 4.98 Å². The molecular weight excluding hydrogens is 268 g/mol. The van der Waals surface area contributed by atoms with Crippen LogP contribution < -0.4 is 5.32 Å². The minimum atomic E-state index is 0.553. The van der Waals surface area contributed by atoms with Gasteiger partial charge < -0.3 is 5.32 Å². The Hall–Kier alpha value is -2.27. The third-order valence-corrected chi connectivity index (χ3v) is 4.13. The first-order valence-corrected chi connectivity index (χ1v) is 8.16. The third-order valence-electron chi connectivity index (χ3n) is 4.13. The number of hydrogen-bond donors (Lipinski definition) is 1. The average molecular weight is 290 g/mol. The van der Waals surface area contributed by atoms with Crippen LogP contribution in [0.25, 0.3) is 0 Å². The summed E-state index contributed by atoms with van der Waals surface area (Å²) in [6.07, 6.45) is 8.31. The Labute approximate surface area is 133 Å². The van der Waals surface area contributed by atoms with Gasteiger partial charge in [-0.1, -0.05) is 55.5 Å². The van der Waals surface area contributed by atoms with Crippen molar-refractivity contribution in [3.8, 4) is 11.8 Å². The van der Waals surface area contributed by atoms with Gasteiger partial charge in [-0.15, -0.1) is 0 Å². The van der Waals surface area contributed by atoms with Crippen LogP contribution in [0.15, 0.2) is 48.7 Å². The standard InChI is InChI=1S/C20H22N2/c1-3-8-17(9-4-1)13-14-20-19(12-7-15-21-20)22-16-18-10-5-2-6-11-18/h2,5-7,10-12,15,17,22H,1,3-4,8-9,16H2. The van der Waals surface area contributed by atoms with Crippen LogP contribution in [0.5, 0.6) is 0 Å². The molecule has 0 spiro atoms. The van der Waals surface area contributed by atoms with Gasteiger partial charge in [-0.3, -0.25) is 0 Å². The van der Waals surface area contributed by atoms with Crippen LogP contribution in [0.1, 0.15) is 43.4 Å². The fourth-order valence-corrected chi connectivity index (χ4v) is 2.86. The molecule has 0 radical (unpaired) electrons. The molecular formula is C20H22N2. The number of nitrogens with zero attached hydrogens (tertiary/aromatic N) is 1. The Bertz CT molecular complexity index is 646. The van der Waals surface area contributed by atoms with Gasteiger partial charge >= 0.3 is 0 Å². The summed E-state index contributed by atoms with van der Waals surface area (Å²) >= 11 is 0. The molecule has 2 heteroatoms. The molecule has 1 heterocycles. The number of aromatic nitrogens is 1. The lowest BCUT2D eigenvalue weighted by molar-refractivity contribution is 0.430. The maximum atomic E-state index is 4.44. The van der Waals surface area contributed by atoms with Gasteiger partial charge in [0.15, 0.2) is 0 Å². The molecule has 1 N–H and O–H groups in total. The molecule has 2 nitrogen and oxygen atoms in total. The van der Waals surface area contributed by atoms with E-state index in [1.165, 1.54) is 37.7 Å². The summed E-state index contributed by atoms with van der Waals surface area (Å²) in [4.78, 5) is 4.44. The Balaban J connectivity index is 1.68. The largest absolute Gasteiger partial charge is 0.379 e. The molecule has 112 valence electrons. The van der Waals surface area contributed by atoms with Crippen molar-refractivity contribution in [1.82, 2.24) is 4.98 Å². The molecule has 1 aromatic carbocycles. The second kappa shape index (κ2) is 7.66. The quantitative estimate of drug-likeness (QED) is 0.834. The van der Waals surface area contributed by atoms with Gasteiger partial charge in [-0.25, -0.2) is 4.98 Å². The number of rotatable bonds is 3. The monoisotopic (exact) mass is 290 g/mol. The SMILES string of the molecule is C(#CC1CCCCC1)c1ncccc1NCc1ccccc1. The summed E-state index contributed by atoms with van der Waals surface area (Å²) in [6.45, 7) is 0.796. The number of anilines is 1. The van der Waals surface area contributed by atoms with Crippen molar-refractivity contribution >= 4 is 5.69 Å². The zero-order chi connectivity index (χ0) is 15.0. The summed E-state index contributed by atoms with van der Waals surface area (Å²) < 4.78 is 0.